The summed E-state index contributed by atoms with van der Waals surface area (Å²) in [6, 6.07) is 21.5. The predicted molar refractivity (Wildman–Crippen MR) is 112 cm³/mol. The van der Waals surface area contributed by atoms with Gasteiger partial charge in [0.25, 0.3) is 5.91 Å². The third kappa shape index (κ3) is 3.96. The Bertz CT molecular complexity index is 1110. The zero-order chi connectivity index (χ0) is 19.5. The maximum Gasteiger partial charge on any atom is 0.255 e. The lowest BCUT2D eigenvalue weighted by Gasteiger charge is -2.07. The number of carbonyl (C=O) groups excluding carboxylic acids is 1. The molecule has 0 aliphatic heterocycles. The average molecular weight is 370 g/mol. The van der Waals surface area contributed by atoms with Crippen LogP contribution in [0.15, 0.2) is 71.1 Å². The van der Waals surface area contributed by atoms with E-state index in [-0.39, 0.29) is 5.91 Å². The molecule has 1 heterocycles. The van der Waals surface area contributed by atoms with Crippen LogP contribution in [-0.4, -0.2) is 10.9 Å². The number of carbonyl (C=O) groups is 1. The van der Waals surface area contributed by atoms with Crippen molar-refractivity contribution < 1.29 is 9.21 Å². The molecule has 0 aliphatic carbocycles. The van der Waals surface area contributed by atoms with Crippen LogP contribution in [-0.2, 0) is 12.8 Å². The molecule has 4 heteroatoms. The fraction of sp³-hybridized carbons (Fsp3) is 0.167. The van der Waals surface area contributed by atoms with Gasteiger partial charge in [-0.1, -0.05) is 37.3 Å². The summed E-state index contributed by atoms with van der Waals surface area (Å²) in [5.74, 6) is 0.582. The number of oxazole rings is 1. The van der Waals surface area contributed by atoms with Gasteiger partial charge in [-0.15, -0.1) is 0 Å². The second-order valence-corrected chi connectivity index (χ2v) is 6.96. The van der Waals surface area contributed by atoms with E-state index >= 15 is 0 Å². The molecule has 0 radical (unpaired) electrons. The summed E-state index contributed by atoms with van der Waals surface area (Å²) in [5.41, 5.74) is 6.57. The Labute approximate surface area is 164 Å². The molecule has 1 aromatic heterocycles. The van der Waals surface area contributed by atoms with Gasteiger partial charge in [-0.2, -0.15) is 0 Å². The van der Waals surface area contributed by atoms with Crippen molar-refractivity contribution in [3.05, 3.63) is 94.9 Å². The second-order valence-electron chi connectivity index (χ2n) is 6.96. The molecule has 140 valence electrons. The number of amides is 1. The van der Waals surface area contributed by atoms with E-state index in [0.717, 1.165) is 34.3 Å². The lowest BCUT2D eigenvalue weighted by molar-refractivity contribution is 0.102. The smallest absolute Gasteiger partial charge is 0.255 e. The van der Waals surface area contributed by atoms with Gasteiger partial charge in [0, 0.05) is 17.7 Å². The molecule has 0 atom stereocenters. The maximum atomic E-state index is 12.4. The van der Waals surface area contributed by atoms with Gasteiger partial charge in [0.2, 0.25) is 0 Å². The van der Waals surface area contributed by atoms with Gasteiger partial charge in [-0.05, 0) is 66.4 Å². The topological polar surface area (TPSA) is 55.1 Å². The highest BCUT2D eigenvalue weighted by molar-refractivity contribution is 6.04. The standard InChI is InChI=1S/C24H22N2O2/c1-3-17-5-9-19(10-6-17)24(27)25-20-11-7-18(8-12-20)15-23-26-21-14-16(2)4-13-22(21)28-23/h4-14H,3,15H2,1-2H3,(H,25,27). The molecule has 1 N–H and O–H groups in total. The molecule has 3 aromatic carbocycles. The molecule has 0 saturated carbocycles. The number of benzene rings is 3. The summed E-state index contributed by atoms with van der Waals surface area (Å²) >= 11 is 0. The van der Waals surface area contributed by atoms with Gasteiger partial charge >= 0.3 is 0 Å². The molecule has 0 saturated heterocycles. The Morgan fingerprint density at radius 2 is 1.68 bits per heavy atom. The quantitative estimate of drug-likeness (QED) is 0.502. The Morgan fingerprint density at radius 3 is 2.39 bits per heavy atom. The van der Waals surface area contributed by atoms with Crippen LogP contribution in [0.2, 0.25) is 0 Å². The molecule has 4 nitrogen and oxygen atoms in total. The van der Waals surface area contributed by atoms with Crippen LogP contribution in [0.3, 0.4) is 0 Å². The van der Waals surface area contributed by atoms with Crippen molar-refractivity contribution in [1.29, 1.82) is 0 Å². The van der Waals surface area contributed by atoms with Crippen molar-refractivity contribution >= 4 is 22.7 Å². The Balaban J connectivity index is 1.43. The van der Waals surface area contributed by atoms with E-state index < -0.39 is 0 Å². The van der Waals surface area contributed by atoms with E-state index in [0.29, 0.717) is 17.9 Å². The monoisotopic (exact) mass is 370 g/mol. The number of anilines is 1. The Kier molecular flexibility index (Phi) is 4.94. The zero-order valence-corrected chi connectivity index (χ0v) is 16.0. The van der Waals surface area contributed by atoms with Crippen LogP contribution >= 0.6 is 0 Å². The molecule has 1 amide bonds. The summed E-state index contributed by atoms with van der Waals surface area (Å²) < 4.78 is 5.82. The molecule has 0 bridgehead atoms. The number of hydrogen-bond donors (Lipinski definition) is 1. The third-order valence-electron chi connectivity index (χ3n) is 4.78. The van der Waals surface area contributed by atoms with E-state index in [1.165, 1.54) is 5.56 Å². The number of rotatable bonds is 5. The van der Waals surface area contributed by atoms with Gasteiger partial charge in [0.05, 0.1) is 0 Å². The molecule has 0 unspecified atom stereocenters. The van der Waals surface area contributed by atoms with E-state index in [1.54, 1.807) is 0 Å². The van der Waals surface area contributed by atoms with Gasteiger partial charge in [-0.25, -0.2) is 4.98 Å². The number of nitrogens with zero attached hydrogens (tertiary/aromatic N) is 1. The summed E-state index contributed by atoms with van der Waals surface area (Å²) in [7, 11) is 0. The molecular formula is C24H22N2O2. The van der Waals surface area contributed by atoms with E-state index in [4.69, 9.17) is 4.42 Å². The molecular weight excluding hydrogens is 348 g/mol. The summed E-state index contributed by atoms with van der Waals surface area (Å²) in [5, 5.41) is 2.94. The molecule has 4 rings (SSSR count). The van der Waals surface area contributed by atoms with Crippen LogP contribution in [0.5, 0.6) is 0 Å². The van der Waals surface area contributed by atoms with Crippen molar-refractivity contribution in [2.45, 2.75) is 26.7 Å². The van der Waals surface area contributed by atoms with E-state index in [1.807, 2.05) is 73.7 Å². The van der Waals surface area contributed by atoms with Gasteiger partial charge in [0.15, 0.2) is 11.5 Å². The highest BCUT2D eigenvalue weighted by Gasteiger charge is 2.09. The Morgan fingerprint density at radius 1 is 0.964 bits per heavy atom. The first-order valence-corrected chi connectivity index (χ1v) is 9.46. The second kappa shape index (κ2) is 7.69. The van der Waals surface area contributed by atoms with Crippen LogP contribution < -0.4 is 5.32 Å². The number of aryl methyl sites for hydroxylation is 2. The first-order valence-electron chi connectivity index (χ1n) is 9.46. The van der Waals surface area contributed by atoms with Crippen molar-refractivity contribution in [3.8, 4) is 0 Å². The van der Waals surface area contributed by atoms with Gasteiger partial charge in [-0.3, -0.25) is 4.79 Å². The average Bonchev–Trinajstić information content (AvgIpc) is 3.10. The number of nitrogens with one attached hydrogen (secondary N) is 1. The third-order valence-corrected chi connectivity index (χ3v) is 4.78. The highest BCUT2D eigenvalue weighted by atomic mass is 16.3. The van der Waals surface area contributed by atoms with Crippen LogP contribution in [0.25, 0.3) is 11.1 Å². The minimum atomic E-state index is -0.107. The lowest BCUT2D eigenvalue weighted by atomic mass is 10.1. The molecule has 0 fully saturated rings. The van der Waals surface area contributed by atoms with Crippen molar-refractivity contribution in [1.82, 2.24) is 4.98 Å². The largest absolute Gasteiger partial charge is 0.440 e. The normalized spacial score (nSPS) is 10.9. The number of hydrogen-bond acceptors (Lipinski definition) is 3. The van der Waals surface area contributed by atoms with Gasteiger partial charge < -0.3 is 9.73 Å². The Hall–Kier alpha value is -3.40. The first-order chi connectivity index (χ1) is 13.6. The summed E-state index contributed by atoms with van der Waals surface area (Å²) in [6.07, 6.45) is 1.57. The molecule has 4 aromatic rings. The molecule has 0 spiro atoms. The van der Waals surface area contributed by atoms with Crippen molar-refractivity contribution in [2.24, 2.45) is 0 Å². The fourth-order valence-corrected chi connectivity index (χ4v) is 3.14. The van der Waals surface area contributed by atoms with Crippen LogP contribution in [0, 0.1) is 6.92 Å². The zero-order valence-electron chi connectivity index (χ0n) is 16.0. The summed E-state index contributed by atoms with van der Waals surface area (Å²) in [6.45, 7) is 4.14. The molecule has 0 aliphatic rings. The SMILES string of the molecule is CCc1ccc(C(=O)Nc2ccc(Cc3nc4cc(C)ccc4o3)cc2)cc1. The minimum Gasteiger partial charge on any atom is -0.440 e. The van der Waals surface area contributed by atoms with Crippen molar-refractivity contribution in [3.63, 3.8) is 0 Å². The van der Waals surface area contributed by atoms with Crippen LogP contribution in [0.1, 0.15) is 39.9 Å². The molecule has 28 heavy (non-hydrogen) atoms. The highest BCUT2D eigenvalue weighted by Crippen LogP contribution is 2.20. The first kappa shape index (κ1) is 18.0. The fourth-order valence-electron chi connectivity index (χ4n) is 3.14. The maximum absolute atomic E-state index is 12.4. The lowest BCUT2D eigenvalue weighted by Crippen LogP contribution is -2.11. The number of aromatic nitrogens is 1. The minimum absolute atomic E-state index is 0.107. The van der Waals surface area contributed by atoms with Crippen molar-refractivity contribution in [2.75, 3.05) is 5.32 Å². The van der Waals surface area contributed by atoms with Crippen LogP contribution in [0.4, 0.5) is 5.69 Å². The van der Waals surface area contributed by atoms with E-state index in [9.17, 15) is 4.79 Å². The predicted octanol–water partition coefficient (Wildman–Crippen LogP) is 5.54. The van der Waals surface area contributed by atoms with Gasteiger partial charge in [0.1, 0.15) is 5.52 Å². The number of fused-ring (bicyclic) bond motifs is 1. The van der Waals surface area contributed by atoms with E-state index in [2.05, 4.69) is 17.2 Å². The summed E-state index contributed by atoms with van der Waals surface area (Å²) in [4.78, 5) is 16.9.